The van der Waals surface area contributed by atoms with E-state index in [-0.39, 0.29) is 6.04 Å². The van der Waals surface area contributed by atoms with Gasteiger partial charge in [0.2, 0.25) is 0 Å². The van der Waals surface area contributed by atoms with E-state index in [2.05, 4.69) is 52.1 Å². The molecule has 2 nitrogen and oxygen atoms in total. The van der Waals surface area contributed by atoms with Crippen molar-refractivity contribution in [1.29, 1.82) is 0 Å². The Morgan fingerprint density at radius 2 is 1.70 bits per heavy atom. The second-order valence-electron chi connectivity index (χ2n) is 5.67. The monoisotopic (exact) mass is 271 g/mol. The summed E-state index contributed by atoms with van der Waals surface area (Å²) in [6.45, 7) is 11.8. The van der Waals surface area contributed by atoms with Crippen LogP contribution in [0.2, 0.25) is 0 Å². The summed E-state index contributed by atoms with van der Waals surface area (Å²) in [4.78, 5) is 0. The van der Waals surface area contributed by atoms with Gasteiger partial charge in [-0.3, -0.25) is 0 Å². The molecule has 0 aliphatic rings. The van der Waals surface area contributed by atoms with Crippen LogP contribution in [0.25, 0.3) is 0 Å². The molecule has 2 heteroatoms. The van der Waals surface area contributed by atoms with Gasteiger partial charge < -0.3 is 9.73 Å². The van der Waals surface area contributed by atoms with E-state index < -0.39 is 0 Å². The van der Waals surface area contributed by atoms with Crippen molar-refractivity contribution in [3.05, 3.63) is 58.0 Å². The lowest BCUT2D eigenvalue weighted by Gasteiger charge is -2.22. The number of benzene rings is 1. The zero-order chi connectivity index (χ0) is 14.7. The van der Waals surface area contributed by atoms with Crippen molar-refractivity contribution in [2.75, 3.05) is 6.54 Å². The zero-order valence-corrected chi connectivity index (χ0v) is 13.2. The van der Waals surface area contributed by atoms with Gasteiger partial charge in [0.25, 0.3) is 0 Å². The van der Waals surface area contributed by atoms with Gasteiger partial charge in [-0.2, -0.15) is 0 Å². The molecule has 2 rings (SSSR count). The van der Waals surface area contributed by atoms with Crippen LogP contribution in [-0.2, 0) is 0 Å². The Bertz CT molecular complexity index is 560. The predicted octanol–water partition coefficient (Wildman–Crippen LogP) is 4.60. The van der Waals surface area contributed by atoms with Crippen LogP contribution in [0.3, 0.4) is 0 Å². The maximum Gasteiger partial charge on any atom is 0.128 e. The molecular formula is C18H25NO. The van der Waals surface area contributed by atoms with E-state index in [1.807, 2.05) is 6.07 Å². The first kappa shape index (κ1) is 14.9. The highest BCUT2D eigenvalue weighted by Gasteiger charge is 2.22. The third-order valence-electron chi connectivity index (χ3n) is 3.79. The van der Waals surface area contributed by atoms with Crippen LogP contribution in [0.15, 0.2) is 28.9 Å². The Kier molecular flexibility index (Phi) is 4.66. The summed E-state index contributed by atoms with van der Waals surface area (Å²) in [7, 11) is 0. The van der Waals surface area contributed by atoms with E-state index in [9.17, 15) is 0 Å². The molecule has 1 aromatic heterocycles. The van der Waals surface area contributed by atoms with E-state index in [1.54, 1.807) is 6.26 Å². The summed E-state index contributed by atoms with van der Waals surface area (Å²) >= 11 is 0. The van der Waals surface area contributed by atoms with Crippen molar-refractivity contribution in [1.82, 2.24) is 5.32 Å². The minimum Gasteiger partial charge on any atom is -0.467 e. The first-order valence-electron chi connectivity index (χ1n) is 7.39. The van der Waals surface area contributed by atoms with Gasteiger partial charge in [-0.25, -0.2) is 0 Å². The molecule has 1 heterocycles. The summed E-state index contributed by atoms with van der Waals surface area (Å²) in [6, 6.07) is 6.68. The van der Waals surface area contributed by atoms with Gasteiger partial charge in [0.15, 0.2) is 0 Å². The fourth-order valence-corrected chi connectivity index (χ4v) is 2.94. The van der Waals surface area contributed by atoms with Crippen molar-refractivity contribution in [2.24, 2.45) is 0 Å². The Balaban J connectivity index is 2.50. The van der Waals surface area contributed by atoms with Crippen LogP contribution in [0.5, 0.6) is 0 Å². The minimum atomic E-state index is 0.144. The van der Waals surface area contributed by atoms with Gasteiger partial charge in [0.05, 0.1) is 12.3 Å². The highest BCUT2D eigenvalue weighted by atomic mass is 16.3. The molecule has 20 heavy (non-hydrogen) atoms. The first-order chi connectivity index (χ1) is 9.54. The standard InChI is InChI=1S/C18H25NO/c1-6-8-19-17(18-13(3)7-9-20-18)16-14(4)10-12(2)11-15(16)5/h7,9-11,17,19H,6,8H2,1-5H3. The van der Waals surface area contributed by atoms with Crippen molar-refractivity contribution >= 4 is 0 Å². The summed E-state index contributed by atoms with van der Waals surface area (Å²) in [5.41, 5.74) is 6.52. The van der Waals surface area contributed by atoms with Gasteiger partial charge in [-0.05, 0) is 69.0 Å². The van der Waals surface area contributed by atoms with Crippen LogP contribution in [0.4, 0.5) is 0 Å². The second-order valence-corrected chi connectivity index (χ2v) is 5.67. The summed E-state index contributed by atoms with van der Waals surface area (Å²) in [5, 5.41) is 3.64. The van der Waals surface area contributed by atoms with E-state index in [0.717, 1.165) is 18.7 Å². The Hall–Kier alpha value is -1.54. The van der Waals surface area contributed by atoms with Crippen molar-refractivity contribution < 1.29 is 4.42 Å². The lowest BCUT2D eigenvalue weighted by molar-refractivity contribution is 0.442. The van der Waals surface area contributed by atoms with Crippen LogP contribution in [0, 0.1) is 27.7 Å². The molecule has 0 spiro atoms. The molecule has 1 aromatic carbocycles. The second kappa shape index (κ2) is 6.27. The van der Waals surface area contributed by atoms with E-state index in [0.29, 0.717) is 0 Å². The molecule has 0 bridgehead atoms. The summed E-state index contributed by atoms with van der Waals surface area (Å²) < 4.78 is 5.76. The number of hydrogen-bond donors (Lipinski definition) is 1. The molecule has 0 saturated heterocycles. The number of hydrogen-bond acceptors (Lipinski definition) is 2. The fourth-order valence-electron chi connectivity index (χ4n) is 2.94. The van der Waals surface area contributed by atoms with Crippen molar-refractivity contribution in [3.63, 3.8) is 0 Å². The predicted molar refractivity (Wildman–Crippen MR) is 84.2 cm³/mol. The van der Waals surface area contributed by atoms with E-state index >= 15 is 0 Å². The van der Waals surface area contributed by atoms with Crippen LogP contribution in [-0.4, -0.2) is 6.54 Å². The highest BCUT2D eigenvalue weighted by Crippen LogP contribution is 2.31. The molecule has 0 fully saturated rings. The molecule has 2 aromatic rings. The number of rotatable bonds is 5. The Morgan fingerprint density at radius 3 is 2.20 bits per heavy atom. The lowest BCUT2D eigenvalue weighted by atomic mass is 9.91. The topological polar surface area (TPSA) is 25.2 Å². The molecular weight excluding hydrogens is 246 g/mol. The number of aryl methyl sites for hydroxylation is 4. The molecule has 0 aliphatic heterocycles. The minimum absolute atomic E-state index is 0.144. The molecule has 0 radical (unpaired) electrons. The van der Waals surface area contributed by atoms with Crippen molar-refractivity contribution in [3.8, 4) is 0 Å². The van der Waals surface area contributed by atoms with E-state index in [4.69, 9.17) is 4.42 Å². The smallest absolute Gasteiger partial charge is 0.128 e. The largest absolute Gasteiger partial charge is 0.467 e. The van der Waals surface area contributed by atoms with Crippen LogP contribution >= 0.6 is 0 Å². The maximum atomic E-state index is 5.76. The molecule has 1 unspecified atom stereocenters. The lowest BCUT2D eigenvalue weighted by Crippen LogP contribution is -2.25. The maximum absolute atomic E-state index is 5.76. The Morgan fingerprint density at radius 1 is 1.05 bits per heavy atom. The van der Waals surface area contributed by atoms with Gasteiger partial charge in [-0.1, -0.05) is 24.6 Å². The third kappa shape index (κ3) is 2.96. The molecule has 0 saturated carbocycles. The summed E-state index contributed by atoms with van der Waals surface area (Å²) in [5.74, 6) is 1.04. The van der Waals surface area contributed by atoms with Crippen molar-refractivity contribution in [2.45, 2.75) is 47.1 Å². The molecule has 1 atom stereocenters. The normalized spacial score (nSPS) is 12.7. The quantitative estimate of drug-likeness (QED) is 0.859. The SMILES string of the molecule is CCCNC(c1occc1C)c1c(C)cc(C)cc1C. The fraction of sp³-hybridized carbons (Fsp3) is 0.444. The highest BCUT2D eigenvalue weighted by molar-refractivity contribution is 5.43. The average molecular weight is 271 g/mol. The number of furan rings is 1. The Labute approximate surface area is 122 Å². The van der Waals surface area contributed by atoms with Gasteiger partial charge >= 0.3 is 0 Å². The first-order valence-corrected chi connectivity index (χ1v) is 7.39. The molecule has 0 aliphatic carbocycles. The molecule has 1 N–H and O–H groups in total. The van der Waals surface area contributed by atoms with Gasteiger partial charge in [-0.15, -0.1) is 0 Å². The van der Waals surface area contributed by atoms with Crippen LogP contribution in [0.1, 0.15) is 53.0 Å². The molecule has 108 valence electrons. The third-order valence-corrected chi connectivity index (χ3v) is 3.79. The van der Waals surface area contributed by atoms with Gasteiger partial charge in [0.1, 0.15) is 5.76 Å². The average Bonchev–Trinajstić information content (AvgIpc) is 2.78. The number of nitrogens with one attached hydrogen (secondary N) is 1. The summed E-state index contributed by atoms with van der Waals surface area (Å²) in [6.07, 6.45) is 2.89. The molecule has 0 amide bonds. The van der Waals surface area contributed by atoms with Crippen LogP contribution < -0.4 is 5.32 Å². The zero-order valence-electron chi connectivity index (χ0n) is 13.2. The van der Waals surface area contributed by atoms with E-state index in [1.165, 1.54) is 27.8 Å². The van der Waals surface area contributed by atoms with Gasteiger partial charge in [0, 0.05) is 0 Å².